The Bertz CT molecular complexity index is 435. The minimum atomic E-state index is -0.228. The second-order valence-corrected chi connectivity index (χ2v) is 5.82. The number of aryl methyl sites for hydroxylation is 1. The van der Waals surface area contributed by atoms with E-state index in [9.17, 15) is 4.39 Å². The molecule has 1 aromatic carbocycles. The first kappa shape index (κ1) is 15.3. The summed E-state index contributed by atoms with van der Waals surface area (Å²) >= 11 is 0. The van der Waals surface area contributed by atoms with Gasteiger partial charge < -0.3 is 10.1 Å². The van der Waals surface area contributed by atoms with Gasteiger partial charge in [-0.25, -0.2) is 4.39 Å². The predicted octanol–water partition coefficient (Wildman–Crippen LogP) is 4.07. The molecule has 1 saturated carbocycles. The first-order valence-electron chi connectivity index (χ1n) is 7.80. The van der Waals surface area contributed by atoms with Gasteiger partial charge in [0.25, 0.3) is 0 Å². The van der Waals surface area contributed by atoms with Crippen LogP contribution in [0, 0.1) is 18.7 Å². The number of hydrogen-bond donors (Lipinski definition) is 1. The average Bonchev–Trinajstić information content (AvgIpc) is 2.45. The van der Waals surface area contributed by atoms with Crippen LogP contribution < -0.4 is 10.1 Å². The summed E-state index contributed by atoms with van der Waals surface area (Å²) in [7, 11) is 0. The number of likely N-dealkylation sites (N-methyl/N-ethyl adjacent to an activating group) is 1. The summed E-state index contributed by atoms with van der Waals surface area (Å²) in [6.07, 6.45) is 4.81. The zero-order valence-corrected chi connectivity index (χ0v) is 12.8. The van der Waals surface area contributed by atoms with Crippen molar-refractivity contribution in [3.8, 4) is 5.75 Å². The SMILES string of the molecule is CCNC1CCC(CC)CC1Oc1cc(F)ccc1C. The van der Waals surface area contributed by atoms with Crippen LogP contribution in [0.25, 0.3) is 0 Å². The molecule has 0 aromatic heterocycles. The molecule has 0 heterocycles. The molecule has 0 radical (unpaired) electrons. The molecule has 0 spiro atoms. The van der Waals surface area contributed by atoms with Crippen LogP contribution in [0.5, 0.6) is 5.75 Å². The quantitative estimate of drug-likeness (QED) is 0.877. The van der Waals surface area contributed by atoms with Crippen molar-refractivity contribution in [2.24, 2.45) is 5.92 Å². The van der Waals surface area contributed by atoms with Gasteiger partial charge in [0.1, 0.15) is 17.7 Å². The third-order valence-electron chi connectivity index (χ3n) is 4.37. The zero-order chi connectivity index (χ0) is 14.5. The molecule has 3 atom stereocenters. The van der Waals surface area contributed by atoms with Gasteiger partial charge in [-0.15, -0.1) is 0 Å². The molecule has 0 amide bonds. The fraction of sp³-hybridized carbons (Fsp3) is 0.647. The molecule has 1 aliphatic carbocycles. The van der Waals surface area contributed by atoms with Gasteiger partial charge in [-0.05, 0) is 50.3 Å². The Hall–Kier alpha value is -1.09. The molecule has 112 valence electrons. The van der Waals surface area contributed by atoms with Gasteiger partial charge in [0.05, 0.1) is 0 Å². The topological polar surface area (TPSA) is 21.3 Å². The molecule has 3 unspecified atom stereocenters. The minimum Gasteiger partial charge on any atom is -0.488 e. The Morgan fingerprint density at radius 1 is 1.30 bits per heavy atom. The Balaban J connectivity index is 2.11. The summed E-state index contributed by atoms with van der Waals surface area (Å²) in [5.74, 6) is 1.19. The van der Waals surface area contributed by atoms with Gasteiger partial charge in [0, 0.05) is 12.1 Å². The lowest BCUT2D eigenvalue weighted by molar-refractivity contribution is 0.0847. The van der Waals surface area contributed by atoms with E-state index in [1.165, 1.54) is 25.0 Å². The van der Waals surface area contributed by atoms with Crippen LogP contribution in [0.4, 0.5) is 4.39 Å². The number of ether oxygens (including phenoxy) is 1. The highest BCUT2D eigenvalue weighted by Gasteiger charge is 2.31. The predicted molar refractivity (Wildman–Crippen MR) is 80.6 cm³/mol. The maximum atomic E-state index is 13.4. The van der Waals surface area contributed by atoms with E-state index < -0.39 is 0 Å². The maximum absolute atomic E-state index is 13.4. The van der Waals surface area contributed by atoms with Crippen molar-refractivity contribution < 1.29 is 9.13 Å². The van der Waals surface area contributed by atoms with E-state index in [1.807, 2.05) is 6.92 Å². The van der Waals surface area contributed by atoms with E-state index in [0.717, 1.165) is 30.9 Å². The van der Waals surface area contributed by atoms with Crippen molar-refractivity contribution in [3.05, 3.63) is 29.6 Å². The largest absolute Gasteiger partial charge is 0.488 e. The van der Waals surface area contributed by atoms with Crippen molar-refractivity contribution in [2.75, 3.05) is 6.54 Å². The van der Waals surface area contributed by atoms with E-state index in [0.29, 0.717) is 11.8 Å². The van der Waals surface area contributed by atoms with Crippen LogP contribution in [0.15, 0.2) is 18.2 Å². The average molecular weight is 279 g/mol. The molecule has 1 fully saturated rings. The zero-order valence-electron chi connectivity index (χ0n) is 12.8. The minimum absolute atomic E-state index is 0.147. The van der Waals surface area contributed by atoms with Gasteiger partial charge in [-0.1, -0.05) is 26.3 Å². The smallest absolute Gasteiger partial charge is 0.126 e. The lowest BCUT2D eigenvalue weighted by Gasteiger charge is -2.36. The Kier molecular flexibility index (Phi) is 5.41. The number of halogens is 1. The van der Waals surface area contributed by atoms with Gasteiger partial charge in [0.15, 0.2) is 0 Å². The first-order valence-corrected chi connectivity index (χ1v) is 7.80. The number of rotatable bonds is 5. The van der Waals surface area contributed by atoms with Crippen molar-refractivity contribution in [1.82, 2.24) is 5.32 Å². The second-order valence-electron chi connectivity index (χ2n) is 5.82. The third kappa shape index (κ3) is 3.72. The molecule has 3 heteroatoms. The second kappa shape index (κ2) is 7.07. The summed E-state index contributed by atoms with van der Waals surface area (Å²) < 4.78 is 19.6. The highest BCUT2D eigenvalue weighted by atomic mass is 19.1. The van der Waals surface area contributed by atoms with Crippen LogP contribution in [0.3, 0.4) is 0 Å². The molecular formula is C17H26FNO. The molecule has 1 aliphatic rings. The van der Waals surface area contributed by atoms with Crippen LogP contribution >= 0.6 is 0 Å². The molecule has 20 heavy (non-hydrogen) atoms. The standard InChI is InChI=1S/C17H26FNO/c1-4-13-7-9-15(19-5-2)17(10-13)20-16-11-14(18)8-6-12(16)3/h6,8,11,13,15,17,19H,4-5,7,9-10H2,1-3H3. The molecule has 1 aromatic rings. The Morgan fingerprint density at radius 2 is 2.10 bits per heavy atom. The number of nitrogens with one attached hydrogen (secondary N) is 1. The van der Waals surface area contributed by atoms with Crippen LogP contribution in [-0.2, 0) is 0 Å². The van der Waals surface area contributed by atoms with Gasteiger partial charge in [0.2, 0.25) is 0 Å². The lowest BCUT2D eigenvalue weighted by atomic mass is 9.82. The molecule has 2 rings (SSSR count). The summed E-state index contributed by atoms with van der Waals surface area (Å²) in [6.45, 7) is 7.28. The molecule has 1 N–H and O–H groups in total. The Morgan fingerprint density at radius 3 is 2.80 bits per heavy atom. The number of benzene rings is 1. The van der Waals surface area contributed by atoms with Crippen LogP contribution in [-0.4, -0.2) is 18.7 Å². The van der Waals surface area contributed by atoms with Gasteiger partial charge in [-0.3, -0.25) is 0 Å². The van der Waals surface area contributed by atoms with Crippen molar-refractivity contribution in [1.29, 1.82) is 0 Å². The molecular weight excluding hydrogens is 253 g/mol. The van der Waals surface area contributed by atoms with Crippen LogP contribution in [0.1, 0.15) is 45.1 Å². The summed E-state index contributed by atoms with van der Waals surface area (Å²) in [5, 5.41) is 3.51. The molecule has 0 bridgehead atoms. The van der Waals surface area contributed by atoms with E-state index in [-0.39, 0.29) is 11.9 Å². The van der Waals surface area contributed by atoms with E-state index in [2.05, 4.69) is 19.2 Å². The fourth-order valence-corrected chi connectivity index (χ4v) is 3.07. The third-order valence-corrected chi connectivity index (χ3v) is 4.37. The fourth-order valence-electron chi connectivity index (χ4n) is 3.07. The monoisotopic (exact) mass is 279 g/mol. The summed E-state index contributed by atoms with van der Waals surface area (Å²) in [4.78, 5) is 0. The van der Waals surface area contributed by atoms with Crippen LogP contribution in [0.2, 0.25) is 0 Å². The summed E-state index contributed by atoms with van der Waals surface area (Å²) in [5.41, 5.74) is 1.00. The lowest BCUT2D eigenvalue weighted by Crippen LogP contribution is -2.47. The number of hydrogen-bond acceptors (Lipinski definition) is 2. The Labute approximate surface area is 121 Å². The van der Waals surface area contributed by atoms with Gasteiger partial charge >= 0.3 is 0 Å². The molecule has 0 saturated heterocycles. The van der Waals surface area contributed by atoms with E-state index in [4.69, 9.17) is 4.74 Å². The van der Waals surface area contributed by atoms with E-state index >= 15 is 0 Å². The molecule has 2 nitrogen and oxygen atoms in total. The highest BCUT2D eigenvalue weighted by Crippen LogP contribution is 2.31. The van der Waals surface area contributed by atoms with Crippen molar-refractivity contribution >= 4 is 0 Å². The molecule has 0 aliphatic heterocycles. The van der Waals surface area contributed by atoms with Gasteiger partial charge in [-0.2, -0.15) is 0 Å². The highest BCUT2D eigenvalue weighted by molar-refractivity contribution is 5.33. The maximum Gasteiger partial charge on any atom is 0.126 e. The first-order chi connectivity index (χ1) is 9.63. The van der Waals surface area contributed by atoms with Crippen molar-refractivity contribution in [3.63, 3.8) is 0 Å². The van der Waals surface area contributed by atoms with E-state index in [1.54, 1.807) is 6.07 Å². The normalized spacial score (nSPS) is 26.5. The summed E-state index contributed by atoms with van der Waals surface area (Å²) in [6, 6.07) is 5.16. The van der Waals surface area contributed by atoms with Crippen molar-refractivity contribution in [2.45, 2.75) is 58.6 Å².